The van der Waals surface area contributed by atoms with E-state index in [0.717, 1.165) is 0 Å². The Kier molecular flexibility index (Phi) is 5.90. The summed E-state index contributed by atoms with van der Waals surface area (Å²) in [6.45, 7) is 3.27. The molecule has 0 spiro atoms. The number of aryl methyl sites for hydroxylation is 1. The zero-order chi connectivity index (χ0) is 16.0. The topological polar surface area (TPSA) is 98.5 Å². The highest BCUT2D eigenvalue weighted by Gasteiger charge is 2.24. The number of rotatable bonds is 4. The van der Waals surface area contributed by atoms with Crippen molar-refractivity contribution in [1.29, 1.82) is 0 Å². The first kappa shape index (κ1) is 17.2. The first-order valence-corrected chi connectivity index (χ1v) is 7.70. The number of hydrogen-bond donors (Lipinski definition) is 2. The van der Waals surface area contributed by atoms with Gasteiger partial charge >= 0.3 is 5.97 Å². The molecule has 1 rings (SSSR count). The molecule has 21 heavy (non-hydrogen) atoms. The number of nitrogens with two attached hydrogens (primary N) is 1. The van der Waals surface area contributed by atoms with Gasteiger partial charge < -0.3 is 10.5 Å². The summed E-state index contributed by atoms with van der Waals surface area (Å²) in [5.41, 5.74) is 6.38. The molecule has 0 aliphatic heterocycles. The zero-order valence-corrected chi connectivity index (χ0v) is 13.0. The fourth-order valence-electron chi connectivity index (χ4n) is 1.64. The summed E-state index contributed by atoms with van der Waals surface area (Å²) in [4.78, 5) is 11.4. The molecule has 0 saturated carbocycles. The molecule has 3 N–H and O–H groups in total. The van der Waals surface area contributed by atoms with Gasteiger partial charge in [0.2, 0.25) is 10.0 Å². The molecule has 0 saturated heterocycles. The monoisotopic (exact) mass is 310 g/mol. The highest BCUT2D eigenvalue weighted by molar-refractivity contribution is 7.89. The smallest absolute Gasteiger partial charge is 0.323 e. The predicted octanol–water partition coefficient (Wildman–Crippen LogP) is 0.145. The van der Waals surface area contributed by atoms with E-state index in [1.807, 2.05) is 0 Å². The minimum absolute atomic E-state index is 0.0714. The summed E-state index contributed by atoms with van der Waals surface area (Å²) in [7, 11) is -2.65. The van der Waals surface area contributed by atoms with Gasteiger partial charge in [0.05, 0.1) is 18.6 Å². The summed E-state index contributed by atoms with van der Waals surface area (Å²) in [5.74, 6) is 4.77. The number of esters is 1. The number of carbonyl (C=O) groups is 1. The van der Waals surface area contributed by atoms with E-state index in [1.165, 1.54) is 20.1 Å². The van der Waals surface area contributed by atoms with Crippen LogP contribution in [-0.4, -0.2) is 34.1 Å². The molecule has 0 aromatic heterocycles. The van der Waals surface area contributed by atoms with Gasteiger partial charge in [0.15, 0.2) is 0 Å². The third kappa shape index (κ3) is 4.56. The van der Waals surface area contributed by atoms with Crippen molar-refractivity contribution in [1.82, 2.24) is 4.72 Å². The highest BCUT2D eigenvalue weighted by atomic mass is 32.2. The molecule has 0 amide bonds. The van der Waals surface area contributed by atoms with Crippen LogP contribution in [0.25, 0.3) is 0 Å². The molecule has 114 valence electrons. The number of methoxy groups -OCH3 is 1. The predicted molar refractivity (Wildman–Crippen MR) is 78.9 cm³/mol. The zero-order valence-electron chi connectivity index (χ0n) is 12.1. The average molecular weight is 310 g/mol. The van der Waals surface area contributed by atoms with Crippen LogP contribution >= 0.6 is 0 Å². The van der Waals surface area contributed by atoms with Crippen molar-refractivity contribution in [3.05, 3.63) is 29.3 Å². The van der Waals surface area contributed by atoms with Gasteiger partial charge in [0, 0.05) is 5.56 Å². The Balaban J connectivity index is 3.16. The summed E-state index contributed by atoms with van der Waals surface area (Å²) in [5, 5.41) is 0. The van der Waals surface area contributed by atoms with E-state index in [2.05, 4.69) is 21.3 Å². The van der Waals surface area contributed by atoms with Gasteiger partial charge in [0.25, 0.3) is 0 Å². The van der Waals surface area contributed by atoms with Gasteiger partial charge in [0.1, 0.15) is 6.04 Å². The standard InChI is InChI=1S/C14H18N2O4S/c1-10-6-7-12(5-4-8-15)9-13(10)21(18,19)16-11(2)14(17)20-3/h6-7,9,11,16H,8,15H2,1-3H3. The van der Waals surface area contributed by atoms with Gasteiger partial charge in [-0.05, 0) is 31.5 Å². The van der Waals surface area contributed by atoms with Crippen molar-refractivity contribution >= 4 is 16.0 Å². The second-order valence-electron chi connectivity index (χ2n) is 4.35. The van der Waals surface area contributed by atoms with Crippen molar-refractivity contribution in [3.8, 4) is 11.8 Å². The largest absolute Gasteiger partial charge is 0.468 e. The van der Waals surface area contributed by atoms with Crippen molar-refractivity contribution in [3.63, 3.8) is 0 Å². The van der Waals surface area contributed by atoms with E-state index in [0.29, 0.717) is 11.1 Å². The first-order chi connectivity index (χ1) is 9.81. The molecule has 0 heterocycles. The third-order valence-corrected chi connectivity index (χ3v) is 4.38. The Morgan fingerprint density at radius 3 is 2.71 bits per heavy atom. The molecule has 6 nitrogen and oxygen atoms in total. The molecular weight excluding hydrogens is 292 g/mol. The molecule has 0 radical (unpaired) electrons. The van der Waals surface area contributed by atoms with Crippen molar-refractivity contribution in [2.75, 3.05) is 13.7 Å². The molecule has 0 aliphatic rings. The van der Waals surface area contributed by atoms with Gasteiger partial charge in [-0.2, -0.15) is 4.72 Å². The maximum atomic E-state index is 12.3. The van der Waals surface area contributed by atoms with Crippen LogP contribution in [0.4, 0.5) is 0 Å². The summed E-state index contributed by atoms with van der Waals surface area (Å²) < 4.78 is 31.4. The SMILES string of the molecule is COC(=O)C(C)NS(=O)(=O)c1cc(C#CCN)ccc1C. The first-order valence-electron chi connectivity index (χ1n) is 6.21. The van der Waals surface area contributed by atoms with Gasteiger partial charge in [-0.3, -0.25) is 4.79 Å². The van der Waals surface area contributed by atoms with E-state index in [4.69, 9.17) is 5.73 Å². The Bertz CT molecular complexity index is 687. The van der Waals surface area contributed by atoms with E-state index < -0.39 is 22.0 Å². The maximum Gasteiger partial charge on any atom is 0.323 e. The number of ether oxygens (including phenoxy) is 1. The van der Waals surface area contributed by atoms with Crippen LogP contribution in [0.3, 0.4) is 0 Å². The highest BCUT2D eigenvalue weighted by Crippen LogP contribution is 2.17. The molecular formula is C14H18N2O4S. The van der Waals surface area contributed by atoms with E-state index in [9.17, 15) is 13.2 Å². The number of hydrogen-bond acceptors (Lipinski definition) is 5. The van der Waals surface area contributed by atoms with Crippen molar-refractivity contribution in [2.24, 2.45) is 5.73 Å². The van der Waals surface area contributed by atoms with Gasteiger partial charge in [-0.25, -0.2) is 8.42 Å². The van der Waals surface area contributed by atoms with Gasteiger partial charge in [-0.15, -0.1) is 0 Å². The minimum Gasteiger partial charge on any atom is -0.468 e. The van der Waals surface area contributed by atoms with Crippen LogP contribution < -0.4 is 10.5 Å². The van der Waals surface area contributed by atoms with Crippen LogP contribution in [0.15, 0.2) is 23.1 Å². The lowest BCUT2D eigenvalue weighted by molar-refractivity contribution is -0.142. The third-order valence-electron chi connectivity index (χ3n) is 2.70. The second kappa shape index (κ2) is 7.22. The number of carbonyl (C=O) groups excluding carboxylic acids is 1. The normalized spacial score (nSPS) is 12.2. The number of nitrogens with one attached hydrogen (secondary N) is 1. The van der Waals surface area contributed by atoms with Crippen LogP contribution in [0.2, 0.25) is 0 Å². The quantitative estimate of drug-likeness (QED) is 0.609. The maximum absolute atomic E-state index is 12.3. The fourth-order valence-corrected chi connectivity index (χ4v) is 3.10. The molecule has 1 aromatic rings. The van der Waals surface area contributed by atoms with E-state index >= 15 is 0 Å². The average Bonchev–Trinajstić information content (AvgIpc) is 2.44. The molecule has 1 aromatic carbocycles. The Hall–Kier alpha value is -1.88. The molecule has 0 aliphatic carbocycles. The van der Waals surface area contributed by atoms with Crippen LogP contribution in [0.1, 0.15) is 18.1 Å². The van der Waals surface area contributed by atoms with Crippen molar-refractivity contribution < 1.29 is 17.9 Å². The summed E-state index contributed by atoms with van der Waals surface area (Å²) in [6, 6.07) is 3.83. The van der Waals surface area contributed by atoms with E-state index in [1.54, 1.807) is 19.1 Å². The van der Waals surface area contributed by atoms with E-state index in [-0.39, 0.29) is 11.4 Å². The van der Waals surface area contributed by atoms with Crippen molar-refractivity contribution in [2.45, 2.75) is 24.8 Å². The molecule has 1 unspecified atom stereocenters. The van der Waals surface area contributed by atoms with Gasteiger partial charge in [-0.1, -0.05) is 17.9 Å². The molecule has 1 atom stereocenters. The fraction of sp³-hybridized carbons (Fsp3) is 0.357. The molecule has 0 bridgehead atoms. The van der Waals surface area contributed by atoms with Crippen LogP contribution in [-0.2, 0) is 19.6 Å². The van der Waals surface area contributed by atoms with Crippen LogP contribution in [0, 0.1) is 18.8 Å². The van der Waals surface area contributed by atoms with Crippen LogP contribution in [0.5, 0.6) is 0 Å². The lowest BCUT2D eigenvalue weighted by Gasteiger charge is -2.13. The molecule has 7 heteroatoms. The Morgan fingerprint density at radius 1 is 1.48 bits per heavy atom. The minimum atomic E-state index is -3.84. The summed E-state index contributed by atoms with van der Waals surface area (Å²) >= 11 is 0. The molecule has 0 fully saturated rings. The second-order valence-corrected chi connectivity index (χ2v) is 6.03. The summed E-state index contributed by atoms with van der Waals surface area (Å²) in [6.07, 6.45) is 0. The number of benzene rings is 1. The number of sulfonamides is 1. The lowest BCUT2D eigenvalue weighted by atomic mass is 10.1. The lowest BCUT2D eigenvalue weighted by Crippen LogP contribution is -2.39. The Labute approximate surface area is 124 Å². The Morgan fingerprint density at radius 2 is 2.14 bits per heavy atom.